The van der Waals surface area contributed by atoms with Crippen molar-refractivity contribution >= 4 is 17.7 Å². The highest BCUT2D eigenvalue weighted by Gasteiger charge is 2.14. The Morgan fingerprint density at radius 1 is 1.26 bits per heavy atom. The first-order valence-corrected chi connectivity index (χ1v) is 8.86. The van der Waals surface area contributed by atoms with Crippen LogP contribution in [0.1, 0.15) is 21.6 Å². The van der Waals surface area contributed by atoms with Crippen molar-refractivity contribution in [3.63, 3.8) is 0 Å². The predicted molar refractivity (Wildman–Crippen MR) is 102 cm³/mol. The Kier molecular flexibility index (Phi) is 6.18. The maximum atomic E-state index is 12.1. The summed E-state index contributed by atoms with van der Waals surface area (Å²) in [5.41, 5.74) is 1.81. The molecule has 0 aliphatic carbocycles. The van der Waals surface area contributed by atoms with Crippen molar-refractivity contribution in [3.8, 4) is 6.07 Å². The van der Waals surface area contributed by atoms with Gasteiger partial charge in [0.25, 0.3) is 5.91 Å². The van der Waals surface area contributed by atoms with Crippen molar-refractivity contribution < 1.29 is 9.53 Å². The van der Waals surface area contributed by atoms with Crippen LogP contribution in [0, 0.1) is 18.3 Å². The third-order valence-electron chi connectivity index (χ3n) is 4.12. The maximum absolute atomic E-state index is 12.1. The highest BCUT2D eigenvalue weighted by Crippen LogP contribution is 2.16. The summed E-state index contributed by atoms with van der Waals surface area (Å²) in [6.45, 7) is 5.87. The van der Waals surface area contributed by atoms with E-state index in [1.165, 1.54) is 0 Å². The van der Waals surface area contributed by atoms with Gasteiger partial charge in [0.1, 0.15) is 5.82 Å². The van der Waals surface area contributed by atoms with Crippen molar-refractivity contribution in [3.05, 3.63) is 47.2 Å². The number of aromatic nitrogens is 2. The van der Waals surface area contributed by atoms with E-state index in [2.05, 4.69) is 25.5 Å². The minimum atomic E-state index is -0.215. The van der Waals surface area contributed by atoms with Gasteiger partial charge in [0.15, 0.2) is 0 Å². The number of benzene rings is 1. The second-order valence-electron chi connectivity index (χ2n) is 6.17. The molecule has 0 radical (unpaired) electrons. The quantitative estimate of drug-likeness (QED) is 0.744. The number of aryl methyl sites for hydroxylation is 1. The molecule has 2 aromatic rings. The molecule has 1 aliphatic heterocycles. The van der Waals surface area contributed by atoms with Crippen LogP contribution in [0.2, 0.25) is 0 Å². The average Bonchev–Trinajstić information content (AvgIpc) is 2.71. The monoisotopic (exact) mass is 366 g/mol. The zero-order valence-corrected chi connectivity index (χ0v) is 15.2. The highest BCUT2D eigenvalue weighted by atomic mass is 16.5. The van der Waals surface area contributed by atoms with Gasteiger partial charge in [0.05, 0.1) is 24.8 Å². The molecule has 8 heteroatoms. The SMILES string of the molecule is Cc1cc(N2CCOCC2)nc(NCCNC(=O)c2cccc(C#N)c2)n1. The number of nitriles is 1. The molecule has 27 heavy (non-hydrogen) atoms. The molecule has 2 N–H and O–H groups in total. The zero-order valence-electron chi connectivity index (χ0n) is 15.2. The van der Waals surface area contributed by atoms with Crippen LogP contribution in [-0.4, -0.2) is 55.3 Å². The van der Waals surface area contributed by atoms with Crippen LogP contribution in [0.3, 0.4) is 0 Å². The van der Waals surface area contributed by atoms with Crippen LogP contribution >= 0.6 is 0 Å². The Balaban J connectivity index is 1.52. The van der Waals surface area contributed by atoms with E-state index in [9.17, 15) is 4.79 Å². The molecule has 3 rings (SSSR count). The molecule has 140 valence electrons. The number of amides is 1. The number of nitrogens with zero attached hydrogens (tertiary/aromatic N) is 4. The summed E-state index contributed by atoms with van der Waals surface area (Å²) in [7, 11) is 0. The molecular formula is C19H22N6O2. The van der Waals surface area contributed by atoms with E-state index in [-0.39, 0.29) is 5.91 Å². The molecule has 0 atom stereocenters. The van der Waals surface area contributed by atoms with E-state index in [0.717, 1.165) is 24.6 Å². The molecule has 0 bridgehead atoms. The molecule has 1 saturated heterocycles. The molecular weight excluding hydrogens is 344 g/mol. The van der Waals surface area contributed by atoms with Crippen LogP contribution in [-0.2, 0) is 4.74 Å². The number of carbonyl (C=O) groups is 1. The molecule has 1 amide bonds. The number of rotatable bonds is 6. The first kappa shape index (κ1) is 18.6. The fraction of sp³-hybridized carbons (Fsp3) is 0.368. The van der Waals surface area contributed by atoms with Gasteiger partial charge in [-0.15, -0.1) is 0 Å². The van der Waals surface area contributed by atoms with Gasteiger partial charge in [-0.05, 0) is 25.1 Å². The number of ether oxygens (including phenoxy) is 1. The Hall–Kier alpha value is -3.18. The van der Waals surface area contributed by atoms with E-state index < -0.39 is 0 Å². The van der Waals surface area contributed by atoms with Crippen LogP contribution in [0.15, 0.2) is 30.3 Å². The fourth-order valence-electron chi connectivity index (χ4n) is 2.77. The Labute approximate surface area is 158 Å². The smallest absolute Gasteiger partial charge is 0.251 e. The molecule has 0 spiro atoms. The molecule has 1 aliphatic rings. The van der Waals surface area contributed by atoms with E-state index in [4.69, 9.17) is 10.00 Å². The lowest BCUT2D eigenvalue weighted by Gasteiger charge is -2.28. The number of morpholine rings is 1. The molecule has 1 aromatic heterocycles. The third kappa shape index (κ3) is 5.15. The van der Waals surface area contributed by atoms with Gasteiger partial charge >= 0.3 is 0 Å². The molecule has 1 aromatic carbocycles. The van der Waals surface area contributed by atoms with E-state index in [0.29, 0.717) is 43.4 Å². The topological polar surface area (TPSA) is 103 Å². The Morgan fingerprint density at radius 3 is 2.85 bits per heavy atom. The summed E-state index contributed by atoms with van der Waals surface area (Å²) in [6.07, 6.45) is 0. The fourth-order valence-corrected chi connectivity index (χ4v) is 2.77. The van der Waals surface area contributed by atoms with Crippen LogP contribution in [0.25, 0.3) is 0 Å². The van der Waals surface area contributed by atoms with E-state index in [1.54, 1.807) is 24.3 Å². The Morgan fingerprint density at radius 2 is 2.07 bits per heavy atom. The van der Waals surface area contributed by atoms with Crippen LogP contribution in [0.4, 0.5) is 11.8 Å². The molecule has 8 nitrogen and oxygen atoms in total. The number of hydrogen-bond donors (Lipinski definition) is 2. The van der Waals surface area contributed by atoms with Gasteiger partial charge in [0, 0.05) is 43.5 Å². The van der Waals surface area contributed by atoms with Crippen molar-refractivity contribution in [2.45, 2.75) is 6.92 Å². The minimum Gasteiger partial charge on any atom is -0.378 e. The van der Waals surface area contributed by atoms with E-state index >= 15 is 0 Å². The lowest BCUT2D eigenvalue weighted by molar-refractivity contribution is 0.0955. The lowest BCUT2D eigenvalue weighted by Crippen LogP contribution is -2.37. The molecule has 0 saturated carbocycles. The van der Waals surface area contributed by atoms with Gasteiger partial charge in [-0.25, -0.2) is 4.98 Å². The van der Waals surface area contributed by atoms with Gasteiger partial charge in [-0.1, -0.05) is 6.07 Å². The predicted octanol–water partition coefficient (Wildman–Crippen LogP) is 1.34. The Bertz CT molecular complexity index is 842. The lowest BCUT2D eigenvalue weighted by atomic mass is 10.1. The van der Waals surface area contributed by atoms with E-state index in [1.807, 2.05) is 19.1 Å². The summed E-state index contributed by atoms with van der Waals surface area (Å²) in [4.78, 5) is 23.3. The summed E-state index contributed by atoms with van der Waals surface area (Å²) in [6, 6.07) is 10.6. The first-order valence-electron chi connectivity index (χ1n) is 8.86. The van der Waals surface area contributed by atoms with Gasteiger partial charge in [0.2, 0.25) is 5.95 Å². The van der Waals surface area contributed by atoms with Crippen LogP contribution in [0.5, 0.6) is 0 Å². The number of carbonyl (C=O) groups excluding carboxylic acids is 1. The van der Waals surface area contributed by atoms with Crippen LogP contribution < -0.4 is 15.5 Å². The van der Waals surface area contributed by atoms with Crippen molar-refractivity contribution in [1.82, 2.24) is 15.3 Å². The number of nitrogens with one attached hydrogen (secondary N) is 2. The molecule has 0 unspecified atom stereocenters. The van der Waals surface area contributed by atoms with Crippen molar-refractivity contribution in [1.29, 1.82) is 5.26 Å². The minimum absolute atomic E-state index is 0.215. The summed E-state index contributed by atoms with van der Waals surface area (Å²) in [5.74, 6) is 1.20. The second kappa shape index (κ2) is 8.96. The summed E-state index contributed by atoms with van der Waals surface area (Å²) >= 11 is 0. The largest absolute Gasteiger partial charge is 0.378 e. The number of hydrogen-bond acceptors (Lipinski definition) is 7. The van der Waals surface area contributed by atoms with Gasteiger partial charge < -0.3 is 20.3 Å². The summed E-state index contributed by atoms with van der Waals surface area (Å²) in [5, 5.41) is 14.9. The number of anilines is 2. The van der Waals surface area contributed by atoms with Crippen molar-refractivity contribution in [2.24, 2.45) is 0 Å². The standard InChI is InChI=1S/C19H22N6O2/c1-14-11-17(25-7-9-27-10-8-25)24-19(23-14)22-6-5-21-18(26)16-4-2-3-15(12-16)13-20/h2-4,11-12H,5-10H2,1H3,(H,21,26)(H,22,23,24). The third-order valence-corrected chi connectivity index (χ3v) is 4.12. The normalized spacial score (nSPS) is 13.7. The maximum Gasteiger partial charge on any atom is 0.251 e. The first-order chi connectivity index (χ1) is 13.2. The van der Waals surface area contributed by atoms with Gasteiger partial charge in [-0.3, -0.25) is 4.79 Å². The molecule has 2 heterocycles. The average molecular weight is 366 g/mol. The summed E-state index contributed by atoms with van der Waals surface area (Å²) < 4.78 is 5.38. The van der Waals surface area contributed by atoms with Gasteiger partial charge in [-0.2, -0.15) is 10.2 Å². The second-order valence-corrected chi connectivity index (χ2v) is 6.17. The highest BCUT2D eigenvalue weighted by molar-refractivity contribution is 5.94. The van der Waals surface area contributed by atoms with Crippen molar-refractivity contribution in [2.75, 3.05) is 49.6 Å². The molecule has 1 fully saturated rings. The zero-order chi connectivity index (χ0) is 19.1.